The Morgan fingerprint density at radius 2 is 1.88 bits per heavy atom. The molecule has 0 aromatic carbocycles. The van der Waals surface area contributed by atoms with Crippen LogP contribution in [0.1, 0.15) is 38.7 Å². The summed E-state index contributed by atoms with van der Waals surface area (Å²) in [4.78, 5) is 4.02. The number of aromatic nitrogens is 1. The fourth-order valence-electron chi connectivity index (χ4n) is 2.04. The average molecular weight is 221 g/mol. The van der Waals surface area contributed by atoms with Crippen molar-refractivity contribution in [1.29, 1.82) is 0 Å². The van der Waals surface area contributed by atoms with Gasteiger partial charge in [-0.25, -0.2) is 0 Å². The molecule has 3 heteroatoms. The molecule has 0 aliphatic heterocycles. The van der Waals surface area contributed by atoms with Gasteiger partial charge in [-0.15, -0.1) is 0 Å². The first kappa shape index (κ1) is 13.1. The van der Waals surface area contributed by atoms with Gasteiger partial charge in [0.25, 0.3) is 0 Å². The van der Waals surface area contributed by atoms with Crippen molar-refractivity contribution in [2.45, 2.75) is 45.6 Å². The van der Waals surface area contributed by atoms with Gasteiger partial charge >= 0.3 is 0 Å². The van der Waals surface area contributed by atoms with Crippen molar-refractivity contribution in [3.63, 3.8) is 0 Å². The van der Waals surface area contributed by atoms with Gasteiger partial charge in [-0.2, -0.15) is 0 Å². The lowest BCUT2D eigenvalue weighted by Crippen LogP contribution is -2.38. The third-order valence-electron chi connectivity index (χ3n) is 3.24. The molecule has 0 amide bonds. The predicted octanol–water partition coefficient (Wildman–Crippen LogP) is 2.28. The minimum atomic E-state index is 0.368. The third kappa shape index (κ3) is 4.29. The van der Waals surface area contributed by atoms with E-state index in [1.807, 2.05) is 12.4 Å². The van der Waals surface area contributed by atoms with E-state index in [1.165, 1.54) is 18.4 Å². The molecule has 90 valence electrons. The highest BCUT2D eigenvalue weighted by Crippen LogP contribution is 2.16. The fraction of sp³-hybridized carbons (Fsp3) is 0.615. The maximum Gasteiger partial charge on any atom is 0.0270 e. The number of rotatable bonds is 7. The SMILES string of the molecule is CCC(CC)CC(Cc1ccncc1)NN. The van der Waals surface area contributed by atoms with Gasteiger partial charge in [0.1, 0.15) is 0 Å². The van der Waals surface area contributed by atoms with Crippen molar-refractivity contribution in [2.24, 2.45) is 11.8 Å². The molecular formula is C13H23N3. The summed E-state index contributed by atoms with van der Waals surface area (Å²) in [5.74, 6) is 6.38. The first-order chi connectivity index (χ1) is 7.80. The van der Waals surface area contributed by atoms with E-state index in [-0.39, 0.29) is 0 Å². The second kappa shape index (κ2) is 7.36. The van der Waals surface area contributed by atoms with Gasteiger partial charge in [0.15, 0.2) is 0 Å². The van der Waals surface area contributed by atoms with Gasteiger partial charge in [-0.05, 0) is 36.5 Å². The first-order valence-electron chi connectivity index (χ1n) is 6.15. The van der Waals surface area contributed by atoms with E-state index in [2.05, 4.69) is 36.4 Å². The molecule has 0 saturated carbocycles. The van der Waals surface area contributed by atoms with Crippen LogP contribution in [0.2, 0.25) is 0 Å². The van der Waals surface area contributed by atoms with Crippen LogP contribution < -0.4 is 11.3 Å². The molecule has 0 spiro atoms. The maximum absolute atomic E-state index is 5.61. The van der Waals surface area contributed by atoms with Crippen LogP contribution in [0.15, 0.2) is 24.5 Å². The minimum Gasteiger partial charge on any atom is -0.271 e. The van der Waals surface area contributed by atoms with Crippen molar-refractivity contribution in [2.75, 3.05) is 0 Å². The molecule has 0 bridgehead atoms. The smallest absolute Gasteiger partial charge is 0.0270 e. The minimum absolute atomic E-state index is 0.368. The molecule has 1 aromatic rings. The molecular weight excluding hydrogens is 198 g/mol. The Kier molecular flexibility index (Phi) is 6.04. The molecule has 1 heterocycles. The van der Waals surface area contributed by atoms with E-state index in [9.17, 15) is 0 Å². The summed E-state index contributed by atoms with van der Waals surface area (Å²) >= 11 is 0. The molecule has 16 heavy (non-hydrogen) atoms. The van der Waals surface area contributed by atoms with Crippen LogP contribution in [0.25, 0.3) is 0 Å². The Hall–Kier alpha value is -0.930. The molecule has 0 saturated heterocycles. The van der Waals surface area contributed by atoms with Crippen molar-refractivity contribution in [3.8, 4) is 0 Å². The number of nitrogens with two attached hydrogens (primary N) is 1. The van der Waals surface area contributed by atoms with Crippen molar-refractivity contribution in [3.05, 3.63) is 30.1 Å². The van der Waals surface area contributed by atoms with Crippen LogP contribution in [0.5, 0.6) is 0 Å². The van der Waals surface area contributed by atoms with Crippen molar-refractivity contribution < 1.29 is 0 Å². The zero-order valence-corrected chi connectivity index (χ0v) is 10.3. The van der Waals surface area contributed by atoms with E-state index < -0.39 is 0 Å². The topological polar surface area (TPSA) is 50.9 Å². The molecule has 0 aliphatic carbocycles. The van der Waals surface area contributed by atoms with E-state index in [0.29, 0.717) is 6.04 Å². The molecule has 1 rings (SSSR count). The van der Waals surface area contributed by atoms with E-state index >= 15 is 0 Å². The Bertz CT molecular complexity index is 270. The molecule has 0 radical (unpaired) electrons. The van der Waals surface area contributed by atoms with E-state index in [1.54, 1.807) is 0 Å². The number of hydrogen-bond donors (Lipinski definition) is 2. The predicted molar refractivity (Wildman–Crippen MR) is 67.7 cm³/mol. The number of hydrogen-bond acceptors (Lipinski definition) is 3. The Morgan fingerprint density at radius 1 is 1.25 bits per heavy atom. The lowest BCUT2D eigenvalue weighted by molar-refractivity contribution is 0.366. The first-order valence-corrected chi connectivity index (χ1v) is 6.15. The summed E-state index contributed by atoms with van der Waals surface area (Å²) in [6.45, 7) is 4.49. The lowest BCUT2D eigenvalue weighted by Gasteiger charge is -2.21. The molecule has 3 N–H and O–H groups in total. The zero-order valence-electron chi connectivity index (χ0n) is 10.3. The highest BCUT2D eigenvalue weighted by Gasteiger charge is 2.13. The van der Waals surface area contributed by atoms with Crippen LogP contribution in [-0.2, 0) is 6.42 Å². The Labute approximate surface area is 98.4 Å². The van der Waals surface area contributed by atoms with Gasteiger partial charge in [-0.1, -0.05) is 26.7 Å². The van der Waals surface area contributed by atoms with Gasteiger partial charge in [0.2, 0.25) is 0 Å². The molecule has 0 fully saturated rings. The summed E-state index contributed by atoms with van der Waals surface area (Å²) < 4.78 is 0. The largest absolute Gasteiger partial charge is 0.271 e. The average Bonchev–Trinajstić information content (AvgIpc) is 2.35. The van der Waals surface area contributed by atoms with Gasteiger partial charge in [0, 0.05) is 18.4 Å². The number of hydrazine groups is 1. The summed E-state index contributed by atoms with van der Waals surface area (Å²) in [5.41, 5.74) is 4.22. The van der Waals surface area contributed by atoms with Crippen molar-refractivity contribution >= 4 is 0 Å². The van der Waals surface area contributed by atoms with E-state index in [4.69, 9.17) is 5.84 Å². The number of nitrogens with zero attached hydrogens (tertiary/aromatic N) is 1. The fourth-order valence-corrected chi connectivity index (χ4v) is 2.04. The van der Waals surface area contributed by atoms with Crippen LogP contribution in [0.3, 0.4) is 0 Å². The van der Waals surface area contributed by atoms with Crippen LogP contribution >= 0.6 is 0 Å². The summed E-state index contributed by atoms with van der Waals surface area (Å²) in [5, 5.41) is 0. The standard InChI is InChI=1S/C13H23N3/c1-3-11(4-2)9-13(16-14)10-12-5-7-15-8-6-12/h5-8,11,13,16H,3-4,9-10,14H2,1-2H3. The number of pyridine rings is 1. The second-order valence-corrected chi connectivity index (χ2v) is 4.34. The highest BCUT2D eigenvalue weighted by molar-refractivity contribution is 5.11. The third-order valence-corrected chi connectivity index (χ3v) is 3.24. The van der Waals surface area contributed by atoms with Gasteiger partial charge in [0.05, 0.1) is 0 Å². The second-order valence-electron chi connectivity index (χ2n) is 4.34. The van der Waals surface area contributed by atoms with Crippen LogP contribution in [-0.4, -0.2) is 11.0 Å². The van der Waals surface area contributed by atoms with Gasteiger partial charge < -0.3 is 0 Å². The summed E-state index contributed by atoms with van der Waals surface area (Å²) in [6, 6.07) is 4.47. The van der Waals surface area contributed by atoms with Crippen LogP contribution in [0.4, 0.5) is 0 Å². The molecule has 1 unspecified atom stereocenters. The molecule has 3 nitrogen and oxygen atoms in total. The summed E-state index contributed by atoms with van der Waals surface area (Å²) in [6.07, 6.45) is 8.25. The lowest BCUT2D eigenvalue weighted by atomic mass is 9.92. The normalized spacial score (nSPS) is 13.0. The summed E-state index contributed by atoms with van der Waals surface area (Å²) in [7, 11) is 0. The molecule has 1 atom stereocenters. The van der Waals surface area contributed by atoms with Gasteiger partial charge in [-0.3, -0.25) is 16.3 Å². The van der Waals surface area contributed by atoms with Crippen molar-refractivity contribution in [1.82, 2.24) is 10.4 Å². The van der Waals surface area contributed by atoms with Crippen LogP contribution in [0, 0.1) is 5.92 Å². The monoisotopic (exact) mass is 221 g/mol. The Balaban J connectivity index is 2.49. The quantitative estimate of drug-likeness (QED) is 0.548. The number of nitrogens with one attached hydrogen (secondary N) is 1. The molecule has 1 aromatic heterocycles. The molecule has 0 aliphatic rings. The zero-order chi connectivity index (χ0) is 11.8. The maximum atomic E-state index is 5.61. The Morgan fingerprint density at radius 3 is 2.38 bits per heavy atom. The van der Waals surface area contributed by atoms with E-state index in [0.717, 1.165) is 18.8 Å². The highest BCUT2D eigenvalue weighted by atomic mass is 15.2.